The van der Waals surface area contributed by atoms with Gasteiger partial charge < -0.3 is 19.7 Å². The zero-order chi connectivity index (χ0) is 15.4. The molecule has 0 aromatic heterocycles. The highest BCUT2D eigenvalue weighted by Crippen LogP contribution is 2.03. The quantitative estimate of drug-likeness (QED) is 0.453. The second kappa shape index (κ2) is 11.4. The molecule has 116 valence electrons. The highest BCUT2D eigenvalue weighted by molar-refractivity contribution is 5.91. The topological polar surface area (TPSA) is 93.1 Å². The van der Waals surface area contributed by atoms with Crippen LogP contribution in [0.3, 0.4) is 0 Å². The first-order valence-electron chi connectivity index (χ1n) is 6.80. The van der Waals surface area contributed by atoms with Gasteiger partial charge in [-0.2, -0.15) is 0 Å². The third-order valence-electron chi connectivity index (χ3n) is 2.95. The molecule has 6 heteroatoms. The molecule has 0 aromatic rings. The molecule has 0 rings (SSSR count). The molecule has 0 aliphatic heterocycles. The number of hydrogen-bond donors (Lipinski definition) is 2. The lowest BCUT2D eigenvalue weighted by atomic mass is 10.1. The van der Waals surface area contributed by atoms with Gasteiger partial charge in [-0.25, -0.2) is 9.59 Å². The summed E-state index contributed by atoms with van der Waals surface area (Å²) in [6.07, 6.45) is 3.39. The van der Waals surface area contributed by atoms with Gasteiger partial charge in [0.05, 0.1) is 13.2 Å². The summed E-state index contributed by atoms with van der Waals surface area (Å²) in [4.78, 5) is 22.6. The van der Waals surface area contributed by atoms with Crippen LogP contribution in [0.2, 0.25) is 0 Å². The second-order valence-electron chi connectivity index (χ2n) is 4.51. The van der Waals surface area contributed by atoms with Crippen LogP contribution in [0.15, 0.2) is 12.2 Å². The maximum absolute atomic E-state index is 11.3. The molecule has 2 atom stereocenters. The fourth-order valence-electron chi connectivity index (χ4n) is 1.23. The van der Waals surface area contributed by atoms with Gasteiger partial charge in [-0.05, 0) is 12.8 Å². The number of rotatable bonds is 10. The van der Waals surface area contributed by atoms with E-state index in [9.17, 15) is 9.59 Å². The van der Waals surface area contributed by atoms with Crippen molar-refractivity contribution >= 4 is 11.9 Å². The van der Waals surface area contributed by atoms with Crippen LogP contribution in [0.1, 0.15) is 26.7 Å². The molecule has 0 saturated carbocycles. The average molecular weight is 288 g/mol. The van der Waals surface area contributed by atoms with Crippen molar-refractivity contribution in [3.05, 3.63) is 12.2 Å². The van der Waals surface area contributed by atoms with E-state index in [1.807, 2.05) is 13.8 Å². The third kappa shape index (κ3) is 8.66. The molecule has 2 N–H and O–H groups in total. The van der Waals surface area contributed by atoms with Crippen LogP contribution >= 0.6 is 0 Å². The van der Waals surface area contributed by atoms with Gasteiger partial charge in [0.15, 0.2) is 0 Å². The minimum Gasteiger partial charge on any atom is -0.462 e. The van der Waals surface area contributed by atoms with Crippen molar-refractivity contribution in [2.75, 3.05) is 26.4 Å². The average Bonchev–Trinajstić information content (AvgIpc) is 2.47. The molecule has 0 saturated heterocycles. The van der Waals surface area contributed by atoms with Crippen molar-refractivity contribution in [2.24, 2.45) is 11.8 Å². The summed E-state index contributed by atoms with van der Waals surface area (Å²) in [5, 5.41) is 17.8. The first-order chi connectivity index (χ1) is 9.57. The molecule has 6 nitrogen and oxygen atoms in total. The highest BCUT2D eigenvalue weighted by atomic mass is 16.5. The van der Waals surface area contributed by atoms with Crippen molar-refractivity contribution < 1.29 is 29.3 Å². The lowest BCUT2D eigenvalue weighted by Gasteiger charge is -2.11. The minimum absolute atomic E-state index is 0.0465. The first kappa shape index (κ1) is 18.6. The number of carbonyl (C=O) groups is 2. The number of esters is 2. The summed E-state index contributed by atoms with van der Waals surface area (Å²) in [5.74, 6) is -1.48. The van der Waals surface area contributed by atoms with Gasteiger partial charge in [0.2, 0.25) is 0 Å². The Balaban J connectivity index is 3.96. The van der Waals surface area contributed by atoms with Gasteiger partial charge in [-0.1, -0.05) is 13.8 Å². The Morgan fingerprint density at radius 3 is 1.50 bits per heavy atom. The Morgan fingerprint density at radius 2 is 1.25 bits per heavy atom. The number of aliphatic hydroxyl groups excluding tert-OH is 2. The molecule has 0 aliphatic carbocycles. The van der Waals surface area contributed by atoms with Crippen molar-refractivity contribution in [3.8, 4) is 0 Å². The summed E-state index contributed by atoms with van der Waals surface area (Å²) in [6.45, 7) is 3.91. The molecule has 0 bridgehead atoms. The molecule has 20 heavy (non-hydrogen) atoms. The van der Waals surface area contributed by atoms with Gasteiger partial charge >= 0.3 is 11.9 Å². The molecule has 2 unspecified atom stereocenters. The lowest BCUT2D eigenvalue weighted by molar-refractivity contribution is -0.142. The number of hydrogen-bond acceptors (Lipinski definition) is 6. The largest absolute Gasteiger partial charge is 0.462 e. The normalized spacial score (nSPS) is 14.0. The van der Waals surface area contributed by atoms with E-state index in [1.54, 1.807) is 0 Å². The first-order valence-corrected chi connectivity index (χ1v) is 6.80. The minimum atomic E-state index is -0.650. The second-order valence-corrected chi connectivity index (χ2v) is 4.51. The fraction of sp³-hybridized carbons (Fsp3) is 0.714. The van der Waals surface area contributed by atoms with E-state index in [-0.39, 0.29) is 38.3 Å². The van der Waals surface area contributed by atoms with Crippen LogP contribution in [0.5, 0.6) is 0 Å². The van der Waals surface area contributed by atoms with Crippen molar-refractivity contribution in [1.82, 2.24) is 0 Å². The van der Waals surface area contributed by atoms with E-state index in [0.717, 1.165) is 12.2 Å². The van der Waals surface area contributed by atoms with Crippen LogP contribution in [-0.4, -0.2) is 48.6 Å². The maximum Gasteiger partial charge on any atom is 0.331 e. The van der Waals surface area contributed by atoms with Gasteiger partial charge in [0, 0.05) is 37.2 Å². The van der Waals surface area contributed by atoms with Crippen molar-refractivity contribution in [1.29, 1.82) is 0 Å². The van der Waals surface area contributed by atoms with Gasteiger partial charge in [0.1, 0.15) is 0 Å². The van der Waals surface area contributed by atoms with Crippen LogP contribution in [0.25, 0.3) is 0 Å². The standard InChI is InChI=1S/C14H24O6/c1-3-11(7-15)9-19-13(17)5-6-14(18)20-10-12(4-2)8-16/h5-6,11-12,15-16H,3-4,7-10H2,1-2H3. The van der Waals surface area contributed by atoms with Crippen LogP contribution in [0, 0.1) is 11.8 Å². The zero-order valence-electron chi connectivity index (χ0n) is 12.1. The van der Waals surface area contributed by atoms with E-state index in [1.165, 1.54) is 0 Å². The number of ether oxygens (including phenoxy) is 2. The zero-order valence-corrected chi connectivity index (χ0v) is 12.1. The summed E-state index contributed by atoms with van der Waals surface area (Å²) >= 11 is 0. The smallest absolute Gasteiger partial charge is 0.331 e. The molecule has 0 fully saturated rings. The van der Waals surface area contributed by atoms with Gasteiger partial charge in [0.25, 0.3) is 0 Å². The SMILES string of the molecule is CCC(CO)COC(=O)C=CC(=O)OCC(CC)CO. The Hall–Kier alpha value is -1.40. The third-order valence-corrected chi connectivity index (χ3v) is 2.95. The Morgan fingerprint density at radius 1 is 0.900 bits per heavy atom. The van der Waals surface area contributed by atoms with E-state index < -0.39 is 11.9 Å². The highest BCUT2D eigenvalue weighted by Gasteiger charge is 2.09. The summed E-state index contributed by atoms with van der Waals surface area (Å²) in [5.41, 5.74) is 0. The van der Waals surface area contributed by atoms with Crippen molar-refractivity contribution in [2.45, 2.75) is 26.7 Å². The number of aliphatic hydroxyl groups is 2. The Kier molecular flexibility index (Phi) is 10.6. The summed E-state index contributed by atoms with van der Waals surface area (Å²) in [6, 6.07) is 0. The molecule has 0 amide bonds. The summed E-state index contributed by atoms with van der Waals surface area (Å²) in [7, 11) is 0. The fourth-order valence-corrected chi connectivity index (χ4v) is 1.23. The monoisotopic (exact) mass is 288 g/mol. The molecule has 0 heterocycles. The molecular weight excluding hydrogens is 264 g/mol. The molecule has 0 aromatic carbocycles. The predicted molar refractivity (Wildman–Crippen MR) is 72.8 cm³/mol. The predicted octanol–water partition coefficient (Wildman–Crippen LogP) is 0.666. The van der Waals surface area contributed by atoms with E-state index in [4.69, 9.17) is 19.7 Å². The Bertz CT molecular complexity index is 275. The maximum atomic E-state index is 11.3. The van der Waals surface area contributed by atoms with Gasteiger partial charge in [-0.3, -0.25) is 0 Å². The van der Waals surface area contributed by atoms with E-state index in [2.05, 4.69) is 0 Å². The summed E-state index contributed by atoms with van der Waals surface area (Å²) < 4.78 is 9.74. The molecular formula is C14H24O6. The van der Waals surface area contributed by atoms with E-state index >= 15 is 0 Å². The molecule has 0 aliphatic rings. The van der Waals surface area contributed by atoms with Crippen LogP contribution < -0.4 is 0 Å². The van der Waals surface area contributed by atoms with Crippen molar-refractivity contribution in [3.63, 3.8) is 0 Å². The molecule has 0 spiro atoms. The molecule has 0 radical (unpaired) electrons. The Labute approximate surface area is 119 Å². The van der Waals surface area contributed by atoms with Crippen LogP contribution in [0.4, 0.5) is 0 Å². The van der Waals surface area contributed by atoms with Gasteiger partial charge in [-0.15, -0.1) is 0 Å². The number of carbonyl (C=O) groups excluding carboxylic acids is 2. The van der Waals surface area contributed by atoms with Crippen LogP contribution in [-0.2, 0) is 19.1 Å². The van der Waals surface area contributed by atoms with E-state index in [0.29, 0.717) is 12.8 Å². The lowest BCUT2D eigenvalue weighted by Crippen LogP contribution is -2.17.